The minimum absolute atomic E-state index is 0.0154. The van der Waals surface area contributed by atoms with Gasteiger partial charge < -0.3 is 4.74 Å². The largest absolute Gasteiger partial charge is 0.422 e. The monoisotopic (exact) mass is 255 g/mol. The second kappa shape index (κ2) is 5.60. The van der Waals surface area contributed by atoms with Gasteiger partial charge in [-0.2, -0.15) is 0 Å². The van der Waals surface area contributed by atoms with Gasteiger partial charge in [-0.1, -0.05) is 25.6 Å². The molecule has 0 saturated carbocycles. The lowest BCUT2D eigenvalue weighted by Crippen LogP contribution is -2.24. The molecule has 0 aliphatic rings. The summed E-state index contributed by atoms with van der Waals surface area (Å²) in [4.78, 5) is 11.0. The van der Waals surface area contributed by atoms with Crippen molar-refractivity contribution in [3.63, 3.8) is 0 Å². The molecule has 0 amide bonds. The van der Waals surface area contributed by atoms with E-state index in [2.05, 4.69) is 11.3 Å². The van der Waals surface area contributed by atoms with Gasteiger partial charge in [0.05, 0.1) is 0 Å². The van der Waals surface area contributed by atoms with Crippen molar-refractivity contribution in [3.05, 3.63) is 36.9 Å². The lowest BCUT2D eigenvalue weighted by molar-refractivity contribution is -0.129. The molecule has 0 aliphatic carbocycles. The summed E-state index contributed by atoms with van der Waals surface area (Å²) in [7, 11) is -3.66. The van der Waals surface area contributed by atoms with E-state index in [1.807, 2.05) is 0 Å². The fraction of sp³-hybridized carbons (Fsp3) is 0.182. The third-order valence-corrected chi connectivity index (χ3v) is 3.44. The number of carbonyl (C=O) groups is 1. The van der Waals surface area contributed by atoms with Gasteiger partial charge in [-0.3, -0.25) is 0 Å². The molecule has 1 N–H and O–H groups in total. The van der Waals surface area contributed by atoms with Crippen LogP contribution in [0.25, 0.3) is 0 Å². The van der Waals surface area contributed by atoms with Crippen LogP contribution in [0.4, 0.5) is 0 Å². The van der Waals surface area contributed by atoms with Crippen molar-refractivity contribution in [2.75, 3.05) is 6.54 Å². The number of ether oxygens (including phenoxy) is 1. The summed E-state index contributed by atoms with van der Waals surface area (Å²) in [6.45, 7) is 5.16. The molecule has 6 heteroatoms. The van der Waals surface area contributed by atoms with Crippen molar-refractivity contribution in [2.24, 2.45) is 0 Å². The highest BCUT2D eigenvalue weighted by atomic mass is 32.2. The van der Waals surface area contributed by atoms with Crippen LogP contribution in [-0.2, 0) is 14.8 Å². The Kier molecular flexibility index (Phi) is 4.42. The van der Waals surface area contributed by atoms with E-state index in [0.717, 1.165) is 6.08 Å². The zero-order chi connectivity index (χ0) is 12.9. The smallest absolute Gasteiger partial charge is 0.335 e. The van der Waals surface area contributed by atoms with Crippen LogP contribution < -0.4 is 9.46 Å². The number of nitrogens with one attached hydrogen (secondary N) is 1. The standard InChI is InChI=1S/C11H13NO4S/c1-3-11(13)16-9-7-5-6-8-10(9)17(14,15)12-4-2/h3,5-8,12H,1,4H2,2H3. The van der Waals surface area contributed by atoms with Gasteiger partial charge in [0.15, 0.2) is 5.75 Å². The maximum atomic E-state index is 11.8. The Balaban J connectivity index is 3.16. The highest BCUT2D eigenvalue weighted by Gasteiger charge is 2.19. The van der Waals surface area contributed by atoms with Crippen LogP contribution in [0.15, 0.2) is 41.8 Å². The van der Waals surface area contributed by atoms with E-state index in [9.17, 15) is 13.2 Å². The topological polar surface area (TPSA) is 72.5 Å². The van der Waals surface area contributed by atoms with E-state index >= 15 is 0 Å². The van der Waals surface area contributed by atoms with Gasteiger partial charge in [-0.05, 0) is 12.1 Å². The molecule has 0 fully saturated rings. The van der Waals surface area contributed by atoms with Crippen LogP contribution in [-0.4, -0.2) is 20.9 Å². The third kappa shape index (κ3) is 3.40. The molecule has 0 aromatic heterocycles. The van der Waals surface area contributed by atoms with Crippen LogP contribution >= 0.6 is 0 Å². The van der Waals surface area contributed by atoms with Gasteiger partial charge in [0.2, 0.25) is 10.0 Å². The van der Waals surface area contributed by atoms with E-state index < -0.39 is 16.0 Å². The van der Waals surface area contributed by atoms with Crippen molar-refractivity contribution in [1.29, 1.82) is 0 Å². The summed E-state index contributed by atoms with van der Waals surface area (Å²) in [5, 5.41) is 0. The number of sulfonamides is 1. The van der Waals surface area contributed by atoms with Crippen LogP contribution in [0.1, 0.15) is 6.92 Å². The van der Waals surface area contributed by atoms with Crippen molar-refractivity contribution in [3.8, 4) is 5.75 Å². The average molecular weight is 255 g/mol. The maximum absolute atomic E-state index is 11.8. The van der Waals surface area contributed by atoms with Crippen molar-refractivity contribution < 1.29 is 17.9 Å². The number of benzene rings is 1. The first-order valence-electron chi connectivity index (χ1n) is 4.94. The molecular weight excluding hydrogens is 242 g/mol. The van der Waals surface area contributed by atoms with Crippen molar-refractivity contribution in [2.45, 2.75) is 11.8 Å². The molecule has 0 radical (unpaired) electrons. The average Bonchev–Trinajstić information content (AvgIpc) is 2.29. The summed E-state index contributed by atoms with van der Waals surface area (Å²) >= 11 is 0. The lowest BCUT2D eigenvalue weighted by Gasteiger charge is -2.09. The fourth-order valence-electron chi connectivity index (χ4n) is 1.17. The van der Waals surface area contributed by atoms with Gasteiger partial charge in [0.1, 0.15) is 4.90 Å². The molecule has 0 atom stereocenters. The van der Waals surface area contributed by atoms with Gasteiger partial charge in [0.25, 0.3) is 0 Å². The van der Waals surface area contributed by atoms with Crippen molar-refractivity contribution in [1.82, 2.24) is 4.72 Å². The quantitative estimate of drug-likeness (QED) is 0.485. The minimum atomic E-state index is -3.66. The van der Waals surface area contributed by atoms with Gasteiger partial charge >= 0.3 is 5.97 Å². The number of carbonyl (C=O) groups excluding carboxylic acids is 1. The molecule has 0 aliphatic heterocycles. The number of para-hydroxylation sites is 1. The second-order valence-corrected chi connectivity index (χ2v) is 4.81. The van der Waals surface area contributed by atoms with E-state index in [-0.39, 0.29) is 17.2 Å². The minimum Gasteiger partial charge on any atom is -0.422 e. The summed E-state index contributed by atoms with van der Waals surface area (Å²) in [6.07, 6.45) is 0.969. The molecule has 0 saturated heterocycles. The summed E-state index contributed by atoms with van der Waals surface area (Å²) in [5.41, 5.74) is 0. The lowest BCUT2D eigenvalue weighted by atomic mass is 10.3. The zero-order valence-corrected chi connectivity index (χ0v) is 10.2. The Morgan fingerprint density at radius 3 is 2.71 bits per heavy atom. The predicted octanol–water partition coefficient (Wildman–Crippen LogP) is 1.08. The number of hydrogen-bond donors (Lipinski definition) is 1. The predicted molar refractivity (Wildman–Crippen MR) is 63.1 cm³/mol. The Morgan fingerprint density at radius 2 is 2.12 bits per heavy atom. The molecule has 0 heterocycles. The molecule has 1 aromatic carbocycles. The summed E-state index contributed by atoms with van der Waals surface area (Å²) in [5.74, 6) is -0.720. The molecule has 1 aromatic rings. The van der Waals surface area contributed by atoms with Gasteiger partial charge in [-0.25, -0.2) is 17.9 Å². The first-order chi connectivity index (χ1) is 8.01. The molecule has 5 nitrogen and oxygen atoms in total. The van der Waals surface area contributed by atoms with E-state index in [1.54, 1.807) is 19.1 Å². The Bertz CT molecular complexity index is 522. The molecule has 17 heavy (non-hydrogen) atoms. The Hall–Kier alpha value is -1.66. The first-order valence-corrected chi connectivity index (χ1v) is 6.42. The van der Waals surface area contributed by atoms with Gasteiger partial charge in [-0.15, -0.1) is 0 Å². The Labute approximate surface area is 100 Å². The first kappa shape index (κ1) is 13.4. The number of rotatable bonds is 5. The molecule has 1 rings (SSSR count). The van der Waals surface area contributed by atoms with E-state index in [0.29, 0.717) is 0 Å². The zero-order valence-electron chi connectivity index (χ0n) is 9.34. The normalized spacial score (nSPS) is 10.9. The maximum Gasteiger partial charge on any atom is 0.335 e. The summed E-state index contributed by atoms with van der Waals surface area (Å²) in [6, 6.07) is 5.90. The molecule has 0 spiro atoms. The molecular formula is C11H13NO4S. The van der Waals surface area contributed by atoms with E-state index in [1.165, 1.54) is 12.1 Å². The van der Waals surface area contributed by atoms with Crippen LogP contribution in [0.3, 0.4) is 0 Å². The highest BCUT2D eigenvalue weighted by Crippen LogP contribution is 2.23. The molecule has 0 bridgehead atoms. The van der Waals surface area contributed by atoms with Crippen LogP contribution in [0, 0.1) is 0 Å². The number of esters is 1. The molecule has 0 unspecified atom stereocenters. The third-order valence-electron chi connectivity index (χ3n) is 1.85. The van der Waals surface area contributed by atoms with E-state index in [4.69, 9.17) is 4.74 Å². The van der Waals surface area contributed by atoms with Gasteiger partial charge in [0, 0.05) is 12.6 Å². The van der Waals surface area contributed by atoms with Crippen LogP contribution in [0.2, 0.25) is 0 Å². The second-order valence-electron chi connectivity index (χ2n) is 3.07. The fourth-order valence-corrected chi connectivity index (χ4v) is 2.34. The number of hydrogen-bond acceptors (Lipinski definition) is 4. The highest BCUT2D eigenvalue weighted by molar-refractivity contribution is 7.89. The molecule has 92 valence electrons. The SMILES string of the molecule is C=CC(=O)Oc1ccccc1S(=O)(=O)NCC. The summed E-state index contributed by atoms with van der Waals surface area (Å²) < 4.78 is 30.8. The van der Waals surface area contributed by atoms with Crippen LogP contribution in [0.5, 0.6) is 5.75 Å². The van der Waals surface area contributed by atoms with Crippen molar-refractivity contribution >= 4 is 16.0 Å². The Morgan fingerprint density at radius 1 is 1.47 bits per heavy atom.